The first-order chi connectivity index (χ1) is 14.0. The van der Waals surface area contributed by atoms with Crippen molar-refractivity contribution in [1.82, 2.24) is 0 Å². The number of fused-ring (bicyclic) bond motifs is 1. The average Bonchev–Trinajstić information content (AvgIpc) is 3.21. The van der Waals surface area contributed by atoms with Crippen LogP contribution >= 0.6 is 0 Å². The number of aliphatic hydroxyl groups excluding tert-OH is 2. The van der Waals surface area contributed by atoms with Crippen LogP contribution in [0.25, 0.3) is 0 Å². The number of rotatable bonds is 10. The molecule has 0 amide bonds. The smallest absolute Gasteiger partial charge is 0.0723 e. The molecule has 2 aliphatic rings. The molecule has 0 aromatic heterocycles. The monoisotopic (exact) mass is 397 g/mol. The van der Waals surface area contributed by atoms with Crippen LogP contribution in [0.15, 0.2) is 48.1 Å². The lowest BCUT2D eigenvalue weighted by molar-refractivity contribution is 0.139. The first-order valence-electron chi connectivity index (χ1n) is 11.5. The molecule has 0 spiro atoms. The van der Waals surface area contributed by atoms with Crippen molar-refractivity contribution < 1.29 is 10.2 Å². The lowest BCUT2D eigenvalue weighted by Crippen LogP contribution is -2.18. The minimum Gasteiger partial charge on any atom is -0.392 e. The fourth-order valence-corrected chi connectivity index (χ4v) is 5.33. The third kappa shape index (κ3) is 5.81. The van der Waals surface area contributed by atoms with E-state index in [1.165, 1.54) is 36.0 Å². The minimum atomic E-state index is -0.404. The minimum absolute atomic E-state index is 0.152. The van der Waals surface area contributed by atoms with Gasteiger partial charge in [-0.2, -0.15) is 0 Å². The fourth-order valence-electron chi connectivity index (χ4n) is 5.33. The van der Waals surface area contributed by atoms with Gasteiger partial charge in [0.2, 0.25) is 0 Å². The number of unbranched alkanes of at least 4 members (excludes halogenated alkanes) is 1. The van der Waals surface area contributed by atoms with Gasteiger partial charge in [0.1, 0.15) is 0 Å². The van der Waals surface area contributed by atoms with Crippen molar-refractivity contribution in [2.75, 3.05) is 0 Å². The van der Waals surface area contributed by atoms with Gasteiger partial charge in [-0.25, -0.2) is 0 Å². The van der Waals surface area contributed by atoms with Crippen molar-refractivity contribution in [1.29, 1.82) is 0 Å². The van der Waals surface area contributed by atoms with E-state index in [1.54, 1.807) is 0 Å². The second-order valence-electron chi connectivity index (χ2n) is 9.32. The molecule has 3 heteroatoms. The Kier molecular flexibility index (Phi) is 8.11. The fraction of sp³-hybridized carbons (Fsp3) is 0.615. The Morgan fingerprint density at radius 2 is 2.00 bits per heavy atom. The highest BCUT2D eigenvalue weighted by Gasteiger charge is 2.43. The van der Waals surface area contributed by atoms with Crippen molar-refractivity contribution in [2.45, 2.75) is 77.5 Å². The topological polar surface area (TPSA) is 66.5 Å². The second-order valence-corrected chi connectivity index (χ2v) is 9.32. The van der Waals surface area contributed by atoms with E-state index < -0.39 is 6.10 Å². The maximum atomic E-state index is 10.6. The van der Waals surface area contributed by atoms with Crippen LogP contribution < -0.4 is 5.73 Å². The van der Waals surface area contributed by atoms with E-state index >= 15 is 0 Å². The van der Waals surface area contributed by atoms with Crippen LogP contribution in [0.1, 0.15) is 63.5 Å². The van der Waals surface area contributed by atoms with E-state index in [2.05, 4.69) is 50.3 Å². The van der Waals surface area contributed by atoms with Gasteiger partial charge in [0.05, 0.1) is 12.2 Å². The zero-order valence-corrected chi connectivity index (χ0v) is 18.1. The van der Waals surface area contributed by atoms with Crippen molar-refractivity contribution in [3.05, 3.63) is 59.2 Å². The summed E-state index contributed by atoms with van der Waals surface area (Å²) in [5.41, 5.74) is 9.92. The molecule has 1 fully saturated rings. The molecule has 4 N–H and O–H groups in total. The summed E-state index contributed by atoms with van der Waals surface area (Å²) in [7, 11) is 0. The van der Waals surface area contributed by atoms with Crippen molar-refractivity contribution >= 4 is 0 Å². The van der Waals surface area contributed by atoms with Gasteiger partial charge in [-0.1, -0.05) is 81.2 Å². The molecule has 0 bridgehead atoms. The molecule has 3 rings (SSSR count). The van der Waals surface area contributed by atoms with Gasteiger partial charge in [-0.05, 0) is 54.6 Å². The van der Waals surface area contributed by atoms with E-state index in [9.17, 15) is 10.2 Å². The Balaban J connectivity index is 1.57. The summed E-state index contributed by atoms with van der Waals surface area (Å²) in [5, 5.41) is 21.0. The van der Waals surface area contributed by atoms with Crippen LogP contribution in [0.3, 0.4) is 0 Å². The third-order valence-electron chi connectivity index (χ3n) is 6.96. The van der Waals surface area contributed by atoms with Gasteiger partial charge < -0.3 is 15.9 Å². The van der Waals surface area contributed by atoms with Gasteiger partial charge in [0.15, 0.2) is 0 Å². The maximum Gasteiger partial charge on any atom is 0.0723 e. The molecule has 1 saturated carbocycles. The summed E-state index contributed by atoms with van der Waals surface area (Å²) in [5.74, 6) is 1.61. The highest BCUT2D eigenvalue weighted by molar-refractivity contribution is 5.33. The second kappa shape index (κ2) is 10.6. The highest BCUT2D eigenvalue weighted by Crippen LogP contribution is 2.48. The van der Waals surface area contributed by atoms with Crippen molar-refractivity contribution in [3.8, 4) is 0 Å². The molecule has 0 saturated heterocycles. The van der Waals surface area contributed by atoms with Crippen LogP contribution in [0, 0.1) is 23.7 Å². The lowest BCUT2D eigenvalue weighted by atomic mass is 9.87. The summed E-state index contributed by atoms with van der Waals surface area (Å²) in [6, 6.07) is 8.43. The van der Waals surface area contributed by atoms with Gasteiger partial charge >= 0.3 is 0 Å². The van der Waals surface area contributed by atoms with Gasteiger partial charge in [-0.3, -0.25) is 0 Å². The average molecular weight is 398 g/mol. The van der Waals surface area contributed by atoms with Gasteiger partial charge in [0.25, 0.3) is 0 Å². The van der Waals surface area contributed by atoms with E-state index in [0.29, 0.717) is 24.3 Å². The molecule has 29 heavy (non-hydrogen) atoms. The molecule has 0 unspecified atom stereocenters. The van der Waals surface area contributed by atoms with E-state index in [4.69, 9.17) is 5.73 Å². The van der Waals surface area contributed by atoms with Crippen LogP contribution in [0.2, 0.25) is 0 Å². The SMILES string of the molecule is CCCC[C@H](C)C[C@H](O)/C=C/[C@@H]1[C@H]2CC(Cc3ccccc3CN)=C[C@H]2C[C@H]1O. The molecule has 0 radical (unpaired) electrons. The molecule has 1 aromatic rings. The molecular weight excluding hydrogens is 358 g/mol. The molecular formula is C26H39NO2. The van der Waals surface area contributed by atoms with E-state index in [0.717, 1.165) is 25.7 Å². The number of nitrogens with two attached hydrogens (primary N) is 1. The van der Waals surface area contributed by atoms with E-state index in [1.807, 2.05) is 6.08 Å². The Bertz CT molecular complexity index is 710. The first-order valence-corrected chi connectivity index (χ1v) is 11.5. The normalized spacial score (nSPS) is 28.5. The standard InChI is InChI=1S/C26H39NO2/c1-3-4-7-18(2)12-23(28)10-11-24-25-15-19(14-22(25)16-26(24)29)13-20-8-5-6-9-21(20)17-27/h5-6,8-11,14,18,22-26,28-29H,3-4,7,12-13,15-17,27H2,1-2H3/b11-10+/t18-,22-,23+,24+,25-,26+/m0/s1. The van der Waals surface area contributed by atoms with E-state index in [-0.39, 0.29) is 12.0 Å². The Morgan fingerprint density at radius 3 is 2.72 bits per heavy atom. The third-order valence-corrected chi connectivity index (χ3v) is 6.96. The van der Waals surface area contributed by atoms with Gasteiger partial charge in [0, 0.05) is 12.5 Å². The Morgan fingerprint density at radius 1 is 1.24 bits per heavy atom. The highest BCUT2D eigenvalue weighted by atomic mass is 16.3. The molecule has 0 heterocycles. The molecule has 3 nitrogen and oxygen atoms in total. The number of aliphatic hydroxyl groups is 2. The molecule has 1 aromatic carbocycles. The van der Waals surface area contributed by atoms with Crippen molar-refractivity contribution in [3.63, 3.8) is 0 Å². The number of hydrogen-bond acceptors (Lipinski definition) is 3. The molecule has 160 valence electrons. The van der Waals surface area contributed by atoms with Crippen LogP contribution in [0.5, 0.6) is 0 Å². The summed E-state index contributed by atoms with van der Waals surface area (Å²) in [4.78, 5) is 0. The van der Waals surface area contributed by atoms with Gasteiger partial charge in [-0.15, -0.1) is 0 Å². The summed E-state index contributed by atoms with van der Waals surface area (Å²) >= 11 is 0. The molecule has 6 atom stereocenters. The predicted molar refractivity (Wildman–Crippen MR) is 120 cm³/mol. The first kappa shape index (κ1) is 22.3. The maximum absolute atomic E-state index is 10.6. The zero-order valence-electron chi connectivity index (χ0n) is 18.1. The summed E-state index contributed by atoms with van der Waals surface area (Å²) in [6.07, 6.45) is 13.0. The number of hydrogen-bond donors (Lipinski definition) is 3. The summed E-state index contributed by atoms with van der Waals surface area (Å²) < 4.78 is 0. The lowest BCUT2D eigenvalue weighted by Gasteiger charge is -2.20. The number of allylic oxidation sites excluding steroid dienone is 2. The largest absolute Gasteiger partial charge is 0.392 e. The Hall–Kier alpha value is -1.42. The van der Waals surface area contributed by atoms with Crippen molar-refractivity contribution in [2.24, 2.45) is 29.4 Å². The molecule has 2 aliphatic carbocycles. The summed E-state index contributed by atoms with van der Waals surface area (Å²) in [6.45, 7) is 5.01. The molecule has 0 aliphatic heterocycles. The Labute approximate surface area is 176 Å². The predicted octanol–water partition coefficient (Wildman–Crippen LogP) is 4.76. The quantitative estimate of drug-likeness (QED) is 0.499. The zero-order chi connectivity index (χ0) is 20.8. The van der Waals surface area contributed by atoms with Crippen LogP contribution in [-0.2, 0) is 13.0 Å². The van der Waals surface area contributed by atoms with Crippen LogP contribution in [0.4, 0.5) is 0 Å². The number of benzene rings is 1. The van der Waals surface area contributed by atoms with Crippen LogP contribution in [-0.4, -0.2) is 22.4 Å².